The SMILES string of the molecule is COc1ccccc1OC(C)c1nnc(SCc2ccc(Cl)cc2Cl)n1CC(C)C. The number of hydrogen-bond acceptors (Lipinski definition) is 5. The topological polar surface area (TPSA) is 49.2 Å². The van der Waals surface area contributed by atoms with Gasteiger partial charge in [-0.3, -0.25) is 0 Å². The maximum atomic E-state index is 6.32. The predicted octanol–water partition coefficient (Wildman–Crippen LogP) is 6.68. The maximum Gasteiger partial charge on any atom is 0.191 e. The van der Waals surface area contributed by atoms with Crippen LogP contribution in [0.5, 0.6) is 11.5 Å². The molecule has 0 fully saturated rings. The molecule has 2 aromatic carbocycles. The van der Waals surface area contributed by atoms with Crippen molar-refractivity contribution >= 4 is 35.0 Å². The number of hydrogen-bond donors (Lipinski definition) is 0. The third-order valence-corrected chi connectivity index (χ3v) is 6.00. The molecule has 1 unspecified atom stereocenters. The standard InChI is InChI=1S/C22H25Cl2N3O2S/c1-14(2)12-27-21(15(3)29-20-8-6-5-7-19(20)28-4)25-26-22(27)30-13-16-9-10-17(23)11-18(16)24/h5-11,14-15H,12-13H2,1-4H3. The van der Waals surface area contributed by atoms with Crippen LogP contribution in [0, 0.1) is 5.92 Å². The normalized spacial score (nSPS) is 12.2. The van der Waals surface area contributed by atoms with Crippen molar-refractivity contribution in [2.75, 3.05) is 7.11 Å². The second kappa shape index (κ2) is 10.4. The van der Waals surface area contributed by atoms with Crippen molar-refractivity contribution in [2.24, 2.45) is 5.92 Å². The summed E-state index contributed by atoms with van der Waals surface area (Å²) in [5, 5.41) is 11.0. The number of thioether (sulfide) groups is 1. The highest BCUT2D eigenvalue weighted by molar-refractivity contribution is 7.98. The number of nitrogens with zero attached hydrogens (tertiary/aromatic N) is 3. The summed E-state index contributed by atoms with van der Waals surface area (Å²) in [4.78, 5) is 0. The third-order valence-electron chi connectivity index (χ3n) is 4.40. The third kappa shape index (κ3) is 5.62. The first-order valence-corrected chi connectivity index (χ1v) is 11.4. The lowest BCUT2D eigenvalue weighted by molar-refractivity contribution is 0.198. The van der Waals surface area contributed by atoms with Crippen LogP contribution < -0.4 is 9.47 Å². The van der Waals surface area contributed by atoms with Crippen molar-refractivity contribution in [1.82, 2.24) is 14.8 Å². The number of benzene rings is 2. The first-order chi connectivity index (χ1) is 14.4. The second-order valence-corrected chi connectivity index (χ2v) is 9.07. The molecule has 1 aromatic heterocycles. The molecule has 5 nitrogen and oxygen atoms in total. The Morgan fingerprint density at radius 3 is 2.43 bits per heavy atom. The zero-order valence-electron chi connectivity index (χ0n) is 17.4. The average Bonchev–Trinajstić information content (AvgIpc) is 3.09. The number of methoxy groups -OCH3 is 1. The lowest BCUT2D eigenvalue weighted by Gasteiger charge is -2.19. The van der Waals surface area contributed by atoms with Gasteiger partial charge >= 0.3 is 0 Å². The summed E-state index contributed by atoms with van der Waals surface area (Å²) in [6.45, 7) is 7.09. The van der Waals surface area contributed by atoms with Crippen LogP contribution in [0.25, 0.3) is 0 Å². The highest BCUT2D eigenvalue weighted by Crippen LogP contribution is 2.33. The van der Waals surface area contributed by atoms with Gasteiger partial charge in [-0.05, 0) is 42.7 Å². The lowest BCUT2D eigenvalue weighted by Crippen LogP contribution is -2.15. The molecule has 1 heterocycles. The Morgan fingerprint density at radius 2 is 1.77 bits per heavy atom. The van der Waals surface area contributed by atoms with Crippen molar-refractivity contribution in [1.29, 1.82) is 0 Å². The molecule has 3 aromatic rings. The number of ether oxygens (including phenoxy) is 2. The van der Waals surface area contributed by atoms with Crippen LogP contribution in [0.4, 0.5) is 0 Å². The van der Waals surface area contributed by atoms with Crippen LogP contribution in [0.1, 0.15) is 38.3 Å². The fourth-order valence-electron chi connectivity index (χ4n) is 2.98. The van der Waals surface area contributed by atoms with Gasteiger partial charge in [0, 0.05) is 22.3 Å². The number of rotatable bonds is 9. The summed E-state index contributed by atoms with van der Waals surface area (Å²) in [7, 11) is 1.63. The molecule has 0 N–H and O–H groups in total. The van der Waals surface area contributed by atoms with Gasteiger partial charge in [-0.25, -0.2) is 0 Å². The molecule has 0 aliphatic heterocycles. The number of para-hydroxylation sites is 2. The van der Waals surface area contributed by atoms with Crippen molar-refractivity contribution in [3.63, 3.8) is 0 Å². The van der Waals surface area contributed by atoms with E-state index < -0.39 is 0 Å². The fraction of sp³-hybridized carbons (Fsp3) is 0.364. The summed E-state index contributed by atoms with van der Waals surface area (Å²) in [6.07, 6.45) is -0.291. The van der Waals surface area contributed by atoms with Gasteiger partial charge < -0.3 is 14.0 Å². The minimum Gasteiger partial charge on any atom is -0.493 e. The maximum absolute atomic E-state index is 6.32. The smallest absolute Gasteiger partial charge is 0.191 e. The highest BCUT2D eigenvalue weighted by atomic mass is 35.5. The Bertz CT molecular complexity index is 994. The van der Waals surface area contributed by atoms with Crippen molar-refractivity contribution in [2.45, 2.75) is 44.3 Å². The molecular weight excluding hydrogens is 441 g/mol. The number of halogens is 2. The Labute approximate surface area is 191 Å². The summed E-state index contributed by atoms with van der Waals surface area (Å²) in [5.41, 5.74) is 1.00. The zero-order valence-corrected chi connectivity index (χ0v) is 19.8. The van der Waals surface area contributed by atoms with E-state index in [2.05, 4.69) is 28.6 Å². The Kier molecular flexibility index (Phi) is 7.92. The Hall–Kier alpha value is -1.89. The average molecular weight is 466 g/mol. The highest BCUT2D eigenvalue weighted by Gasteiger charge is 2.21. The molecular formula is C22H25Cl2N3O2S. The molecule has 160 valence electrons. The van der Waals surface area contributed by atoms with Crippen molar-refractivity contribution in [3.05, 3.63) is 63.9 Å². The van der Waals surface area contributed by atoms with E-state index in [1.54, 1.807) is 24.9 Å². The van der Waals surface area contributed by atoms with Gasteiger partial charge in [-0.1, -0.05) is 67.0 Å². The minimum atomic E-state index is -0.291. The van der Waals surface area contributed by atoms with Crippen molar-refractivity contribution in [3.8, 4) is 11.5 Å². The summed E-state index contributed by atoms with van der Waals surface area (Å²) in [5.74, 6) is 3.24. The van der Waals surface area contributed by atoms with E-state index in [4.69, 9.17) is 32.7 Å². The molecule has 8 heteroatoms. The van der Waals surface area contributed by atoms with Crippen LogP contribution in [0.3, 0.4) is 0 Å². The van der Waals surface area contributed by atoms with Gasteiger partial charge in [0.2, 0.25) is 0 Å². The quantitative estimate of drug-likeness (QED) is 0.329. The van der Waals surface area contributed by atoms with Gasteiger partial charge in [0.25, 0.3) is 0 Å². The Morgan fingerprint density at radius 1 is 1.03 bits per heavy atom. The van der Waals surface area contributed by atoms with Crippen LogP contribution in [-0.4, -0.2) is 21.9 Å². The number of aromatic nitrogens is 3. The van der Waals surface area contributed by atoms with Gasteiger partial charge in [0.1, 0.15) is 0 Å². The second-order valence-electron chi connectivity index (χ2n) is 7.28. The molecule has 30 heavy (non-hydrogen) atoms. The summed E-state index contributed by atoms with van der Waals surface area (Å²) < 4.78 is 13.7. The summed E-state index contributed by atoms with van der Waals surface area (Å²) in [6, 6.07) is 13.1. The van der Waals surface area contributed by atoms with Crippen molar-refractivity contribution < 1.29 is 9.47 Å². The molecule has 0 spiro atoms. The van der Waals surface area contributed by atoms with E-state index in [0.29, 0.717) is 33.2 Å². The van der Waals surface area contributed by atoms with Crippen LogP contribution in [0.15, 0.2) is 47.6 Å². The van der Waals surface area contributed by atoms with Gasteiger partial charge in [0.15, 0.2) is 28.6 Å². The molecule has 0 saturated carbocycles. The molecule has 0 amide bonds. The van der Waals surface area contributed by atoms with E-state index in [1.165, 1.54) is 0 Å². The molecule has 0 radical (unpaired) electrons. The van der Waals surface area contributed by atoms with E-state index in [1.807, 2.05) is 43.3 Å². The van der Waals surface area contributed by atoms with Crippen LogP contribution >= 0.6 is 35.0 Å². The predicted molar refractivity (Wildman–Crippen MR) is 123 cm³/mol. The molecule has 3 rings (SSSR count). The summed E-state index contributed by atoms with van der Waals surface area (Å²) >= 11 is 13.9. The first-order valence-electron chi connectivity index (χ1n) is 9.68. The zero-order chi connectivity index (χ0) is 21.7. The van der Waals surface area contributed by atoms with Gasteiger partial charge in [-0.15, -0.1) is 10.2 Å². The first kappa shape index (κ1) is 22.8. The molecule has 1 atom stereocenters. The van der Waals surface area contributed by atoms with E-state index >= 15 is 0 Å². The van der Waals surface area contributed by atoms with Gasteiger partial charge in [0.05, 0.1) is 7.11 Å². The lowest BCUT2D eigenvalue weighted by atomic mass is 10.2. The van der Waals surface area contributed by atoms with E-state index in [-0.39, 0.29) is 6.10 Å². The van der Waals surface area contributed by atoms with Gasteiger partial charge in [-0.2, -0.15) is 0 Å². The van der Waals surface area contributed by atoms with Crippen LogP contribution in [0.2, 0.25) is 10.0 Å². The van der Waals surface area contributed by atoms with E-state index in [9.17, 15) is 0 Å². The molecule has 0 aliphatic rings. The van der Waals surface area contributed by atoms with Crippen LogP contribution in [-0.2, 0) is 12.3 Å². The monoisotopic (exact) mass is 465 g/mol. The largest absolute Gasteiger partial charge is 0.493 e. The minimum absolute atomic E-state index is 0.291. The Balaban J connectivity index is 1.82. The molecule has 0 bridgehead atoms. The fourth-order valence-corrected chi connectivity index (χ4v) is 4.50. The molecule has 0 saturated heterocycles. The van der Waals surface area contributed by atoms with E-state index in [0.717, 1.165) is 23.1 Å². The molecule has 0 aliphatic carbocycles.